The Morgan fingerprint density at radius 3 is 2.68 bits per heavy atom. The van der Waals surface area contributed by atoms with Gasteiger partial charge in [0.2, 0.25) is 5.91 Å². The Morgan fingerprint density at radius 2 is 1.91 bits per heavy atom. The summed E-state index contributed by atoms with van der Waals surface area (Å²) in [5.41, 5.74) is 9.99. The molecule has 174 valence electrons. The van der Waals surface area contributed by atoms with Crippen molar-refractivity contribution in [1.29, 1.82) is 0 Å². The highest BCUT2D eigenvalue weighted by atomic mass is 16.5. The first-order valence-corrected chi connectivity index (χ1v) is 11.5. The molecule has 1 atom stereocenters. The number of Topliss-reactive ketones (excluding diaryl/α,β-unsaturated/α-hetero) is 1. The lowest BCUT2D eigenvalue weighted by atomic mass is 9.63. The maximum absolute atomic E-state index is 13.8. The number of nitrogens with one attached hydrogen (secondary N) is 1. The number of ether oxygens (including phenoxy) is 1. The highest BCUT2D eigenvalue weighted by Crippen LogP contribution is 2.55. The Labute approximate surface area is 198 Å². The minimum Gasteiger partial charge on any atom is -0.462 e. The van der Waals surface area contributed by atoms with Gasteiger partial charge in [0, 0.05) is 28.9 Å². The van der Waals surface area contributed by atoms with Gasteiger partial charge in [-0.15, -0.1) is 0 Å². The first-order valence-electron chi connectivity index (χ1n) is 11.5. The molecule has 1 amide bonds. The third-order valence-corrected chi connectivity index (χ3v) is 6.91. The molecule has 34 heavy (non-hydrogen) atoms. The third-order valence-electron chi connectivity index (χ3n) is 6.91. The van der Waals surface area contributed by atoms with E-state index in [1.165, 1.54) is 0 Å². The number of amides is 1. The van der Waals surface area contributed by atoms with E-state index in [0.717, 1.165) is 16.8 Å². The van der Waals surface area contributed by atoms with Gasteiger partial charge in [0.15, 0.2) is 5.78 Å². The summed E-state index contributed by atoms with van der Waals surface area (Å²) in [5, 5.41) is 2.89. The van der Waals surface area contributed by atoms with E-state index >= 15 is 0 Å². The summed E-state index contributed by atoms with van der Waals surface area (Å²) in [6.07, 6.45) is 1.50. The zero-order valence-corrected chi connectivity index (χ0v) is 19.5. The molecule has 1 spiro atoms. The summed E-state index contributed by atoms with van der Waals surface area (Å²) in [4.78, 5) is 42.8. The first-order chi connectivity index (χ1) is 16.3. The number of allylic oxidation sites excluding steroid dienone is 1. The predicted molar refractivity (Wildman–Crippen MR) is 129 cm³/mol. The fourth-order valence-electron chi connectivity index (χ4n) is 5.50. The van der Waals surface area contributed by atoms with Crippen LogP contribution in [0.25, 0.3) is 0 Å². The molecular formula is C27H27N3O4. The maximum Gasteiger partial charge on any atom is 0.339 e. The number of rotatable bonds is 3. The summed E-state index contributed by atoms with van der Waals surface area (Å²) in [6.45, 7) is 5.74. The Kier molecular flexibility index (Phi) is 5.08. The lowest BCUT2D eigenvalue weighted by molar-refractivity contribution is -0.140. The highest BCUT2D eigenvalue weighted by molar-refractivity contribution is 6.23. The van der Waals surface area contributed by atoms with Crippen LogP contribution in [-0.2, 0) is 24.5 Å². The van der Waals surface area contributed by atoms with Crippen molar-refractivity contribution >= 4 is 29.0 Å². The van der Waals surface area contributed by atoms with Crippen LogP contribution in [0, 0.1) is 13.8 Å². The molecule has 0 fully saturated rings. The molecule has 2 heterocycles. The summed E-state index contributed by atoms with van der Waals surface area (Å²) in [6, 6.07) is 13.1. The summed E-state index contributed by atoms with van der Waals surface area (Å²) < 4.78 is 5.44. The number of aryl methyl sites for hydroxylation is 2. The van der Waals surface area contributed by atoms with E-state index in [9.17, 15) is 14.4 Å². The van der Waals surface area contributed by atoms with E-state index in [-0.39, 0.29) is 23.8 Å². The van der Waals surface area contributed by atoms with Gasteiger partial charge in [0.1, 0.15) is 16.8 Å². The molecule has 0 saturated carbocycles. The second kappa shape index (κ2) is 7.87. The van der Waals surface area contributed by atoms with E-state index in [1.807, 2.05) is 32.0 Å². The Bertz CT molecular complexity index is 1320. The van der Waals surface area contributed by atoms with Gasteiger partial charge in [0.25, 0.3) is 0 Å². The van der Waals surface area contributed by atoms with Crippen LogP contribution in [0.15, 0.2) is 65.1 Å². The van der Waals surface area contributed by atoms with Crippen molar-refractivity contribution in [2.24, 2.45) is 5.73 Å². The lowest BCUT2D eigenvalue weighted by Gasteiger charge is -2.44. The molecule has 7 heteroatoms. The van der Waals surface area contributed by atoms with Crippen LogP contribution in [0.2, 0.25) is 0 Å². The van der Waals surface area contributed by atoms with Crippen molar-refractivity contribution in [2.45, 2.75) is 45.4 Å². The van der Waals surface area contributed by atoms with Crippen molar-refractivity contribution in [2.75, 3.05) is 16.8 Å². The molecule has 2 aliphatic heterocycles. The van der Waals surface area contributed by atoms with Crippen LogP contribution in [0.1, 0.15) is 42.9 Å². The number of benzene rings is 2. The second-order valence-corrected chi connectivity index (χ2v) is 8.95. The smallest absolute Gasteiger partial charge is 0.339 e. The minimum atomic E-state index is -1.64. The van der Waals surface area contributed by atoms with Crippen molar-refractivity contribution in [3.63, 3.8) is 0 Å². The van der Waals surface area contributed by atoms with Crippen molar-refractivity contribution in [3.05, 3.63) is 81.8 Å². The number of nitrogens with two attached hydrogens (primary N) is 1. The van der Waals surface area contributed by atoms with Crippen LogP contribution in [0.3, 0.4) is 0 Å². The predicted octanol–water partition coefficient (Wildman–Crippen LogP) is 3.75. The molecule has 0 radical (unpaired) electrons. The summed E-state index contributed by atoms with van der Waals surface area (Å²) in [5.74, 6) is -1.19. The Hall–Kier alpha value is -3.87. The molecule has 2 aromatic carbocycles. The van der Waals surface area contributed by atoms with Gasteiger partial charge in [-0.3, -0.25) is 14.5 Å². The number of hydrogen-bond acceptors (Lipinski definition) is 6. The van der Waals surface area contributed by atoms with Gasteiger partial charge < -0.3 is 15.8 Å². The molecule has 0 bridgehead atoms. The van der Waals surface area contributed by atoms with Crippen molar-refractivity contribution in [3.8, 4) is 0 Å². The average molecular weight is 458 g/mol. The number of hydrogen-bond donors (Lipinski definition) is 2. The molecule has 3 N–H and O–H groups in total. The number of anilines is 2. The number of fused-ring (bicyclic) bond motifs is 3. The van der Waals surface area contributed by atoms with Gasteiger partial charge in [0.05, 0.1) is 12.3 Å². The van der Waals surface area contributed by atoms with Gasteiger partial charge in [-0.05, 0) is 56.9 Å². The van der Waals surface area contributed by atoms with Crippen LogP contribution >= 0.6 is 0 Å². The molecule has 1 unspecified atom stereocenters. The van der Waals surface area contributed by atoms with E-state index in [2.05, 4.69) is 5.32 Å². The molecule has 2 aromatic rings. The van der Waals surface area contributed by atoms with Crippen molar-refractivity contribution in [1.82, 2.24) is 0 Å². The molecule has 5 rings (SSSR count). The largest absolute Gasteiger partial charge is 0.462 e. The zero-order chi connectivity index (χ0) is 24.2. The Morgan fingerprint density at radius 1 is 1.15 bits per heavy atom. The quantitative estimate of drug-likeness (QED) is 0.681. The summed E-state index contributed by atoms with van der Waals surface area (Å²) in [7, 11) is 0. The molecule has 3 aliphatic rings. The van der Waals surface area contributed by atoms with Crippen molar-refractivity contribution < 1.29 is 19.1 Å². The number of esters is 1. The van der Waals surface area contributed by atoms with Crippen LogP contribution in [0.4, 0.5) is 11.4 Å². The third kappa shape index (κ3) is 2.86. The molecule has 0 aromatic heterocycles. The zero-order valence-electron chi connectivity index (χ0n) is 19.5. The SMILES string of the molecule is CCOC(=O)C1=C(N)N(c2cc(C)ccc2C)C2=C(C(=O)CCC2)C12C(=O)Nc1ccccc12. The maximum atomic E-state index is 13.8. The highest BCUT2D eigenvalue weighted by Gasteiger charge is 2.61. The fourth-order valence-corrected chi connectivity index (χ4v) is 5.50. The Balaban J connectivity index is 1.92. The topological polar surface area (TPSA) is 102 Å². The van der Waals surface area contributed by atoms with E-state index in [1.54, 1.807) is 36.1 Å². The van der Waals surface area contributed by atoms with Gasteiger partial charge in [-0.2, -0.15) is 0 Å². The van der Waals surface area contributed by atoms with Crippen LogP contribution < -0.4 is 16.0 Å². The summed E-state index contributed by atoms with van der Waals surface area (Å²) >= 11 is 0. The van der Waals surface area contributed by atoms with Gasteiger partial charge in [-0.25, -0.2) is 4.79 Å². The molecular weight excluding hydrogens is 430 g/mol. The second-order valence-electron chi connectivity index (χ2n) is 8.95. The lowest BCUT2D eigenvalue weighted by Crippen LogP contribution is -2.53. The van der Waals surface area contributed by atoms with Crippen LogP contribution in [-0.4, -0.2) is 24.3 Å². The molecule has 7 nitrogen and oxygen atoms in total. The van der Waals surface area contributed by atoms with E-state index < -0.39 is 17.3 Å². The minimum absolute atomic E-state index is 0.00768. The molecule has 1 aliphatic carbocycles. The number of carbonyl (C=O) groups excluding carboxylic acids is 3. The monoisotopic (exact) mass is 457 g/mol. The van der Waals surface area contributed by atoms with E-state index in [0.29, 0.717) is 41.8 Å². The average Bonchev–Trinajstić information content (AvgIpc) is 3.08. The first kappa shape index (κ1) is 21.9. The number of nitrogens with zero attached hydrogens (tertiary/aromatic N) is 1. The standard InChI is InChI=1S/C27H27N3O4/c1-4-34-25(32)23-24(28)30(20-14-15(2)12-13-16(20)3)19-10-7-11-21(31)22(19)27(23)17-8-5-6-9-18(17)29-26(27)33/h5-6,8-9,12-14H,4,7,10-11,28H2,1-3H3,(H,29,33). The van der Waals surface area contributed by atoms with Gasteiger partial charge in [-0.1, -0.05) is 30.3 Å². The van der Waals surface area contributed by atoms with E-state index in [4.69, 9.17) is 10.5 Å². The van der Waals surface area contributed by atoms with Gasteiger partial charge >= 0.3 is 5.97 Å². The molecule has 0 saturated heterocycles. The number of para-hydroxylation sites is 1. The number of carbonyl (C=O) groups is 3. The van der Waals surface area contributed by atoms with Crippen LogP contribution in [0.5, 0.6) is 0 Å². The number of ketones is 1. The normalized spacial score (nSPS) is 21.6. The fraction of sp³-hybridized carbons (Fsp3) is 0.296.